The van der Waals surface area contributed by atoms with Gasteiger partial charge in [0.2, 0.25) is 5.91 Å². The molecule has 0 unspecified atom stereocenters. The van der Waals surface area contributed by atoms with Gasteiger partial charge in [0.1, 0.15) is 0 Å². The Labute approximate surface area is 123 Å². The van der Waals surface area contributed by atoms with Gasteiger partial charge in [-0.3, -0.25) is 4.79 Å². The van der Waals surface area contributed by atoms with Crippen molar-refractivity contribution in [3.8, 4) is 0 Å². The lowest BCUT2D eigenvalue weighted by Gasteiger charge is -2.28. The molecule has 0 bridgehead atoms. The number of nitrogens with zero attached hydrogens (tertiary/aromatic N) is 1. The zero-order valence-corrected chi connectivity index (χ0v) is 12.9. The highest BCUT2D eigenvalue weighted by Crippen LogP contribution is 2.21. The van der Waals surface area contributed by atoms with Gasteiger partial charge in [-0.1, -0.05) is 12.8 Å². The van der Waals surface area contributed by atoms with Crippen LogP contribution in [0.5, 0.6) is 0 Å². The molecular formula is C16H30N2O2. The van der Waals surface area contributed by atoms with E-state index in [1.54, 1.807) is 0 Å². The summed E-state index contributed by atoms with van der Waals surface area (Å²) in [4.78, 5) is 14.2. The van der Waals surface area contributed by atoms with E-state index < -0.39 is 0 Å². The highest BCUT2D eigenvalue weighted by Gasteiger charge is 2.19. The maximum absolute atomic E-state index is 11.8. The summed E-state index contributed by atoms with van der Waals surface area (Å²) in [6, 6.07) is 0. The smallest absolute Gasteiger partial charge is 0.220 e. The van der Waals surface area contributed by atoms with Crippen molar-refractivity contribution in [1.29, 1.82) is 0 Å². The van der Waals surface area contributed by atoms with Crippen molar-refractivity contribution in [2.75, 3.05) is 33.3 Å². The molecule has 4 nitrogen and oxygen atoms in total. The Morgan fingerprint density at radius 2 is 1.90 bits per heavy atom. The van der Waals surface area contributed by atoms with Gasteiger partial charge in [0.15, 0.2) is 0 Å². The lowest BCUT2D eigenvalue weighted by Crippen LogP contribution is -2.34. The number of hydrogen-bond donors (Lipinski definition) is 1. The average molecular weight is 282 g/mol. The number of carbonyl (C=O) groups excluding carboxylic acids is 1. The van der Waals surface area contributed by atoms with Crippen molar-refractivity contribution < 1.29 is 9.53 Å². The number of ether oxygens (including phenoxy) is 1. The van der Waals surface area contributed by atoms with E-state index in [0.717, 1.165) is 45.5 Å². The summed E-state index contributed by atoms with van der Waals surface area (Å²) in [7, 11) is 2.15. The third-order valence-electron chi connectivity index (χ3n) is 4.61. The normalized spacial score (nSPS) is 22.2. The number of rotatable bonds is 7. The summed E-state index contributed by atoms with van der Waals surface area (Å²) < 4.78 is 5.79. The minimum absolute atomic E-state index is 0.223. The molecular weight excluding hydrogens is 252 g/mol. The molecule has 1 heterocycles. The number of nitrogens with one attached hydrogen (secondary N) is 1. The van der Waals surface area contributed by atoms with Crippen molar-refractivity contribution in [3.63, 3.8) is 0 Å². The first-order valence-electron chi connectivity index (χ1n) is 8.31. The predicted molar refractivity (Wildman–Crippen MR) is 80.7 cm³/mol. The summed E-state index contributed by atoms with van der Waals surface area (Å²) in [6.45, 7) is 3.82. The maximum Gasteiger partial charge on any atom is 0.220 e. The Kier molecular flexibility index (Phi) is 6.80. The zero-order chi connectivity index (χ0) is 14.2. The first-order valence-corrected chi connectivity index (χ1v) is 8.31. The molecule has 116 valence electrons. The van der Waals surface area contributed by atoms with Gasteiger partial charge in [-0.15, -0.1) is 0 Å². The highest BCUT2D eigenvalue weighted by molar-refractivity contribution is 5.76. The molecule has 1 aliphatic heterocycles. The Morgan fingerprint density at radius 3 is 2.60 bits per heavy atom. The van der Waals surface area contributed by atoms with Crippen LogP contribution < -0.4 is 5.32 Å². The van der Waals surface area contributed by atoms with E-state index >= 15 is 0 Å². The minimum atomic E-state index is 0.223. The van der Waals surface area contributed by atoms with Gasteiger partial charge in [0, 0.05) is 19.6 Å². The molecule has 0 atom stereocenters. The van der Waals surface area contributed by atoms with Crippen molar-refractivity contribution in [2.45, 2.75) is 57.5 Å². The maximum atomic E-state index is 11.8. The van der Waals surface area contributed by atoms with Crippen LogP contribution in [0.1, 0.15) is 51.4 Å². The molecule has 2 aliphatic rings. The first kappa shape index (κ1) is 15.8. The van der Waals surface area contributed by atoms with Gasteiger partial charge >= 0.3 is 0 Å². The topological polar surface area (TPSA) is 41.6 Å². The summed E-state index contributed by atoms with van der Waals surface area (Å²) in [6.07, 6.45) is 9.54. The van der Waals surface area contributed by atoms with Crippen LogP contribution in [0.2, 0.25) is 0 Å². The van der Waals surface area contributed by atoms with Crippen LogP contribution in [0.25, 0.3) is 0 Å². The third kappa shape index (κ3) is 5.80. The molecule has 1 N–H and O–H groups in total. The fourth-order valence-corrected chi connectivity index (χ4v) is 3.21. The van der Waals surface area contributed by atoms with Crippen molar-refractivity contribution in [2.24, 2.45) is 5.92 Å². The molecule has 20 heavy (non-hydrogen) atoms. The summed E-state index contributed by atoms with van der Waals surface area (Å²) >= 11 is 0. The van der Waals surface area contributed by atoms with Crippen LogP contribution in [0.4, 0.5) is 0 Å². The average Bonchev–Trinajstić information content (AvgIpc) is 2.94. The lowest BCUT2D eigenvalue weighted by molar-refractivity contribution is -0.122. The summed E-state index contributed by atoms with van der Waals surface area (Å²) in [5, 5.41) is 3.03. The Bertz CT molecular complexity index is 282. The fourth-order valence-electron chi connectivity index (χ4n) is 3.21. The molecule has 1 saturated carbocycles. The standard InChI is InChI=1S/C16H30N2O2/c1-18-10-7-14(8-11-18)13-16(19)17-9-4-12-20-15-5-2-3-6-15/h14-15H,2-13H2,1H3,(H,17,19). The van der Waals surface area contributed by atoms with Crippen LogP contribution in [0, 0.1) is 5.92 Å². The van der Waals surface area contributed by atoms with E-state index in [9.17, 15) is 4.79 Å². The van der Waals surface area contributed by atoms with Crippen molar-refractivity contribution >= 4 is 5.91 Å². The number of amides is 1. The SMILES string of the molecule is CN1CCC(CC(=O)NCCCOC2CCCC2)CC1. The van der Waals surface area contributed by atoms with Crippen LogP contribution >= 0.6 is 0 Å². The molecule has 4 heteroatoms. The van der Waals surface area contributed by atoms with Gasteiger partial charge in [-0.25, -0.2) is 0 Å². The summed E-state index contributed by atoms with van der Waals surface area (Å²) in [5.74, 6) is 0.807. The monoisotopic (exact) mass is 282 g/mol. The second-order valence-electron chi connectivity index (χ2n) is 6.43. The predicted octanol–water partition coefficient (Wildman–Crippen LogP) is 2.18. The van der Waals surface area contributed by atoms with Gasteiger partial charge < -0.3 is 15.0 Å². The number of piperidine rings is 1. The Morgan fingerprint density at radius 1 is 1.20 bits per heavy atom. The molecule has 0 radical (unpaired) electrons. The molecule has 0 aromatic carbocycles. The molecule has 0 spiro atoms. The second-order valence-corrected chi connectivity index (χ2v) is 6.43. The molecule has 1 aliphatic carbocycles. The van der Waals surface area contributed by atoms with E-state index in [-0.39, 0.29) is 5.91 Å². The molecule has 2 fully saturated rings. The number of hydrogen-bond acceptors (Lipinski definition) is 3. The van der Waals surface area contributed by atoms with E-state index in [1.165, 1.54) is 25.7 Å². The number of likely N-dealkylation sites (tertiary alicyclic amines) is 1. The largest absolute Gasteiger partial charge is 0.378 e. The Balaban J connectivity index is 1.45. The van der Waals surface area contributed by atoms with Crippen LogP contribution in [-0.4, -0.2) is 50.2 Å². The Hall–Kier alpha value is -0.610. The second kappa shape index (κ2) is 8.63. The van der Waals surface area contributed by atoms with Gasteiger partial charge in [0.05, 0.1) is 6.10 Å². The molecule has 1 amide bonds. The van der Waals surface area contributed by atoms with Crippen LogP contribution in [0.15, 0.2) is 0 Å². The van der Waals surface area contributed by atoms with Crippen LogP contribution in [0.3, 0.4) is 0 Å². The van der Waals surface area contributed by atoms with Gasteiger partial charge in [-0.05, 0) is 58.2 Å². The molecule has 0 aromatic heterocycles. The van der Waals surface area contributed by atoms with Crippen LogP contribution in [-0.2, 0) is 9.53 Å². The van der Waals surface area contributed by atoms with Crippen molar-refractivity contribution in [3.05, 3.63) is 0 Å². The summed E-state index contributed by atoms with van der Waals surface area (Å²) in [5.41, 5.74) is 0. The van der Waals surface area contributed by atoms with E-state index in [1.807, 2.05) is 0 Å². The minimum Gasteiger partial charge on any atom is -0.378 e. The van der Waals surface area contributed by atoms with Gasteiger partial charge in [-0.2, -0.15) is 0 Å². The van der Waals surface area contributed by atoms with Gasteiger partial charge in [0.25, 0.3) is 0 Å². The number of carbonyl (C=O) groups is 1. The van der Waals surface area contributed by atoms with E-state index in [0.29, 0.717) is 18.4 Å². The third-order valence-corrected chi connectivity index (χ3v) is 4.61. The quantitative estimate of drug-likeness (QED) is 0.728. The van der Waals surface area contributed by atoms with Crippen molar-refractivity contribution in [1.82, 2.24) is 10.2 Å². The highest BCUT2D eigenvalue weighted by atomic mass is 16.5. The zero-order valence-electron chi connectivity index (χ0n) is 12.9. The first-order chi connectivity index (χ1) is 9.74. The molecule has 0 aromatic rings. The molecule has 1 saturated heterocycles. The van der Waals surface area contributed by atoms with E-state index in [4.69, 9.17) is 4.74 Å². The molecule has 2 rings (SSSR count). The lowest BCUT2D eigenvalue weighted by atomic mass is 9.93. The van der Waals surface area contributed by atoms with E-state index in [2.05, 4.69) is 17.3 Å². The fraction of sp³-hybridized carbons (Fsp3) is 0.938.